The van der Waals surface area contributed by atoms with Gasteiger partial charge in [-0.05, 0) is 30.7 Å². The van der Waals surface area contributed by atoms with Gasteiger partial charge in [0.15, 0.2) is 0 Å². The third-order valence-corrected chi connectivity index (χ3v) is 6.43. The first kappa shape index (κ1) is 20.3. The topological polar surface area (TPSA) is 76.4 Å². The van der Waals surface area contributed by atoms with E-state index in [1.807, 2.05) is 42.5 Å². The molecule has 1 amide bonds. The van der Waals surface area contributed by atoms with Crippen molar-refractivity contribution in [3.05, 3.63) is 87.3 Å². The highest BCUT2D eigenvalue weighted by Gasteiger charge is 2.12. The molecule has 0 aliphatic carbocycles. The number of carbonyl (C=O) groups excluding carboxylic acids is 1. The average Bonchev–Trinajstić information content (AvgIpc) is 3.17. The van der Waals surface area contributed by atoms with Crippen molar-refractivity contribution in [1.29, 1.82) is 0 Å². The van der Waals surface area contributed by atoms with Crippen LogP contribution in [0.5, 0.6) is 0 Å². The number of rotatable bonds is 7. The van der Waals surface area contributed by atoms with Crippen LogP contribution in [0.25, 0.3) is 4.96 Å². The normalized spacial score (nSPS) is 11.0. The van der Waals surface area contributed by atoms with Crippen LogP contribution in [-0.4, -0.2) is 20.5 Å². The highest BCUT2D eigenvalue weighted by molar-refractivity contribution is 7.98. The molecule has 1 N–H and O–H groups in total. The molecule has 0 saturated carbocycles. The van der Waals surface area contributed by atoms with Crippen molar-refractivity contribution >= 4 is 39.7 Å². The molecule has 0 fully saturated rings. The average molecular weight is 437 g/mol. The van der Waals surface area contributed by atoms with Crippen LogP contribution < -0.4 is 10.9 Å². The summed E-state index contributed by atoms with van der Waals surface area (Å²) in [5.74, 6) is 0.361. The van der Waals surface area contributed by atoms with Gasteiger partial charge in [-0.25, -0.2) is 4.98 Å². The monoisotopic (exact) mass is 436 g/mol. The maximum atomic E-state index is 12.5. The fraction of sp³-hybridized carbons (Fsp3) is 0.182. The van der Waals surface area contributed by atoms with E-state index in [4.69, 9.17) is 0 Å². The minimum Gasteiger partial charge on any atom is -0.321 e. The largest absolute Gasteiger partial charge is 0.321 e. The number of carbonyl (C=O) groups is 1. The van der Waals surface area contributed by atoms with Gasteiger partial charge in [0.25, 0.3) is 11.5 Å². The lowest BCUT2D eigenvalue weighted by molar-refractivity contribution is 0.102. The Labute approximate surface area is 182 Å². The zero-order valence-corrected chi connectivity index (χ0v) is 18.0. The standard InChI is InChI=1S/C22H20N4O2S2/c1-2-8-19-25-26-20(27)13-16(23-22(26)30-19)14-29-18-12-7-6-11-17(18)24-21(28)15-9-4-3-5-10-15/h3-7,9-13H,2,8,14H2,1H3,(H,24,28). The van der Waals surface area contributed by atoms with Crippen molar-refractivity contribution in [3.8, 4) is 0 Å². The second kappa shape index (κ2) is 9.23. The number of nitrogens with zero attached hydrogens (tertiary/aromatic N) is 3. The van der Waals surface area contributed by atoms with Gasteiger partial charge in [-0.1, -0.05) is 48.6 Å². The lowest BCUT2D eigenvalue weighted by atomic mass is 10.2. The summed E-state index contributed by atoms with van der Waals surface area (Å²) in [6.07, 6.45) is 1.81. The molecule has 2 aromatic carbocycles. The second-order valence-corrected chi connectivity index (χ2v) is 8.69. The molecular formula is C22H20N4O2S2. The molecule has 4 rings (SSSR count). The number of amides is 1. The molecule has 30 heavy (non-hydrogen) atoms. The van der Waals surface area contributed by atoms with Crippen molar-refractivity contribution in [3.63, 3.8) is 0 Å². The molecule has 0 radical (unpaired) electrons. The van der Waals surface area contributed by atoms with E-state index in [-0.39, 0.29) is 11.5 Å². The fourth-order valence-electron chi connectivity index (χ4n) is 2.92. The van der Waals surface area contributed by atoms with Gasteiger partial charge in [-0.15, -0.1) is 11.8 Å². The number of aromatic nitrogens is 3. The first-order valence-electron chi connectivity index (χ1n) is 9.61. The molecule has 8 heteroatoms. The Morgan fingerprint density at radius 2 is 1.90 bits per heavy atom. The molecule has 6 nitrogen and oxygen atoms in total. The molecule has 0 spiro atoms. The zero-order valence-electron chi connectivity index (χ0n) is 16.4. The van der Waals surface area contributed by atoms with Crippen LogP contribution in [0.2, 0.25) is 0 Å². The number of nitrogens with one attached hydrogen (secondary N) is 1. The van der Waals surface area contributed by atoms with Gasteiger partial charge >= 0.3 is 0 Å². The first-order chi connectivity index (χ1) is 14.6. The number of aryl methyl sites for hydroxylation is 1. The predicted octanol–water partition coefficient (Wildman–Crippen LogP) is 4.65. The van der Waals surface area contributed by atoms with Crippen molar-refractivity contribution in [1.82, 2.24) is 14.6 Å². The number of para-hydroxylation sites is 1. The van der Waals surface area contributed by atoms with E-state index in [2.05, 4.69) is 22.3 Å². The quantitative estimate of drug-likeness (QED) is 0.427. The minimum absolute atomic E-state index is 0.158. The Morgan fingerprint density at radius 1 is 1.13 bits per heavy atom. The molecular weight excluding hydrogens is 416 g/mol. The van der Waals surface area contributed by atoms with Gasteiger partial charge in [0.2, 0.25) is 4.96 Å². The third-order valence-electron chi connectivity index (χ3n) is 4.35. The highest BCUT2D eigenvalue weighted by atomic mass is 32.2. The van der Waals surface area contributed by atoms with Gasteiger partial charge in [-0.2, -0.15) is 9.61 Å². The van der Waals surface area contributed by atoms with Crippen LogP contribution in [0.15, 0.2) is 70.4 Å². The molecule has 0 saturated heterocycles. The lowest BCUT2D eigenvalue weighted by Gasteiger charge is -2.10. The van der Waals surface area contributed by atoms with Gasteiger partial charge in [0.1, 0.15) is 5.01 Å². The second-order valence-electron chi connectivity index (χ2n) is 6.63. The Bertz CT molecular complexity index is 1230. The summed E-state index contributed by atoms with van der Waals surface area (Å²) in [7, 11) is 0. The van der Waals surface area contributed by atoms with Gasteiger partial charge in [0, 0.05) is 28.7 Å². The molecule has 152 valence electrons. The molecule has 0 unspecified atom stereocenters. The third kappa shape index (κ3) is 4.60. The summed E-state index contributed by atoms with van der Waals surface area (Å²) in [6, 6.07) is 18.3. The molecule has 0 aliphatic rings. The number of thioether (sulfide) groups is 1. The van der Waals surface area contributed by atoms with Gasteiger partial charge in [0.05, 0.1) is 11.4 Å². The lowest BCUT2D eigenvalue weighted by Crippen LogP contribution is -2.15. The van der Waals surface area contributed by atoms with Crippen molar-refractivity contribution in [2.75, 3.05) is 5.32 Å². The summed E-state index contributed by atoms with van der Waals surface area (Å²) >= 11 is 2.99. The number of fused-ring (bicyclic) bond motifs is 1. The van der Waals surface area contributed by atoms with E-state index in [0.29, 0.717) is 22.0 Å². The smallest absolute Gasteiger partial charge is 0.275 e. The van der Waals surface area contributed by atoms with Crippen molar-refractivity contribution in [2.24, 2.45) is 0 Å². The molecule has 0 bridgehead atoms. The summed E-state index contributed by atoms with van der Waals surface area (Å²) in [5.41, 5.74) is 1.86. The number of benzene rings is 2. The van der Waals surface area contributed by atoms with Crippen molar-refractivity contribution in [2.45, 2.75) is 30.4 Å². The van der Waals surface area contributed by atoms with E-state index in [9.17, 15) is 9.59 Å². The van der Waals surface area contributed by atoms with Crippen LogP contribution in [0.1, 0.15) is 34.4 Å². The fourth-order valence-corrected chi connectivity index (χ4v) is 4.84. The molecule has 0 aliphatic heterocycles. The van der Waals surface area contributed by atoms with E-state index in [0.717, 1.165) is 28.4 Å². The van der Waals surface area contributed by atoms with E-state index < -0.39 is 0 Å². The van der Waals surface area contributed by atoms with Crippen LogP contribution in [0, 0.1) is 0 Å². The minimum atomic E-state index is -0.167. The number of hydrogen-bond acceptors (Lipinski definition) is 6. The highest BCUT2D eigenvalue weighted by Crippen LogP contribution is 2.30. The number of hydrogen-bond donors (Lipinski definition) is 1. The molecule has 2 aromatic heterocycles. The maximum Gasteiger partial charge on any atom is 0.275 e. The van der Waals surface area contributed by atoms with Crippen LogP contribution >= 0.6 is 23.1 Å². The molecule has 4 aromatic rings. The Morgan fingerprint density at radius 3 is 2.70 bits per heavy atom. The SMILES string of the molecule is CCCc1nn2c(=O)cc(CSc3ccccc3NC(=O)c3ccccc3)nc2s1. The Kier molecular flexibility index (Phi) is 6.25. The Hall–Kier alpha value is -2.97. The van der Waals surface area contributed by atoms with Gasteiger partial charge < -0.3 is 5.32 Å². The first-order valence-corrected chi connectivity index (χ1v) is 11.4. The van der Waals surface area contributed by atoms with Crippen LogP contribution in [0.4, 0.5) is 5.69 Å². The Balaban J connectivity index is 1.51. The summed E-state index contributed by atoms with van der Waals surface area (Å²) < 4.78 is 1.37. The number of anilines is 1. The van der Waals surface area contributed by atoms with Crippen LogP contribution in [0.3, 0.4) is 0 Å². The van der Waals surface area contributed by atoms with Gasteiger partial charge in [-0.3, -0.25) is 9.59 Å². The summed E-state index contributed by atoms with van der Waals surface area (Å²) in [5, 5.41) is 8.23. The zero-order chi connectivity index (χ0) is 20.9. The van der Waals surface area contributed by atoms with Crippen molar-refractivity contribution < 1.29 is 4.79 Å². The van der Waals surface area contributed by atoms with Crippen LogP contribution in [-0.2, 0) is 12.2 Å². The summed E-state index contributed by atoms with van der Waals surface area (Å²) in [6.45, 7) is 2.08. The predicted molar refractivity (Wildman–Crippen MR) is 122 cm³/mol. The molecule has 2 heterocycles. The van der Waals surface area contributed by atoms with E-state index in [1.165, 1.54) is 33.7 Å². The van der Waals surface area contributed by atoms with E-state index >= 15 is 0 Å². The molecule has 0 atom stereocenters. The maximum absolute atomic E-state index is 12.5. The van der Waals surface area contributed by atoms with E-state index in [1.54, 1.807) is 12.1 Å². The summed E-state index contributed by atoms with van der Waals surface area (Å²) in [4.78, 5) is 31.0.